The number of hydrogen-bond donors (Lipinski definition) is 2. The van der Waals surface area contributed by atoms with Crippen LogP contribution in [0, 0.1) is 5.92 Å². The Labute approximate surface area is 104 Å². The van der Waals surface area contributed by atoms with E-state index in [1.807, 2.05) is 0 Å². The average Bonchev–Trinajstić information content (AvgIpc) is 2.35. The minimum absolute atomic E-state index is 0.227. The van der Waals surface area contributed by atoms with Crippen molar-refractivity contribution in [2.24, 2.45) is 5.92 Å². The summed E-state index contributed by atoms with van der Waals surface area (Å²) in [5, 5.41) is 13.0. The van der Waals surface area contributed by atoms with Gasteiger partial charge >= 0.3 is 0 Å². The molecule has 0 saturated carbocycles. The molecule has 94 valence electrons. The molecule has 1 aromatic carbocycles. The van der Waals surface area contributed by atoms with E-state index >= 15 is 0 Å². The molecule has 0 aromatic heterocycles. The molecule has 2 nitrogen and oxygen atoms in total. The SMILES string of the molecule is CC(C)[C@@H](CO)NC1CCc2ccccc2C1. The molecule has 0 bridgehead atoms. The third-order valence-corrected chi connectivity index (χ3v) is 3.80. The summed E-state index contributed by atoms with van der Waals surface area (Å²) in [5.74, 6) is 0.483. The van der Waals surface area contributed by atoms with Crippen LogP contribution in [0.4, 0.5) is 0 Å². The Morgan fingerprint density at radius 2 is 2.00 bits per heavy atom. The quantitative estimate of drug-likeness (QED) is 0.835. The second kappa shape index (κ2) is 5.65. The lowest BCUT2D eigenvalue weighted by atomic mass is 9.87. The zero-order chi connectivity index (χ0) is 12.3. The van der Waals surface area contributed by atoms with E-state index in [-0.39, 0.29) is 12.6 Å². The van der Waals surface area contributed by atoms with Crippen LogP contribution in [0.5, 0.6) is 0 Å². The molecule has 2 heteroatoms. The highest BCUT2D eigenvalue weighted by Gasteiger charge is 2.21. The second-order valence-corrected chi connectivity index (χ2v) is 5.41. The van der Waals surface area contributed by atoms with Gasteiger partial charge in [-0.1, -0.05) is 38.1 Å². The van der Waals surface area contributed by atoms with Gasteiger partial charge in [-0.05, 0) is 36.3 Å². The van der Waals surface area contributed by atoms with Crippen molar-refractivity contribution < 1.29 is 5.11 Å². The van der Waals surface area contributed by atoms with Crippen LogP contribution in [0.2, 0.25) is 0 Å². The van der Waals surface area contributed by atoms with Crippen molar-refractivity contribution in [1.29, 1.82) is 0 Å². The Kier molecular flexibility index (Phi) is 4.19. The Hall–Kier alpha value is -0.860. The van der Waals surface area contributed by atoms with Crippen molar-refractivity contribution in [3.63, 3.8) is 0 Å². The Bertz CT molecular complexity index is 362. The van der Waals surface area contributed by atoms with Gasteiger partial charge in [0.2, 0.25) is 0 Å². The van der Waals surface area contributed by atoms with Gasteiger partial charge in [0.25, 0.3) is 0 Å². The molecule has 2 rings (SSSR count). The van der Waals surface area contributed by atoms with Crippen molar-refractivity contribution >= 4 is 0 Å². The topological polar surface area (TPSA) is 32.3 Å². The normalized spacial score (nSPS) is 21.3. The molecule has 0 heterocycles. The molecule has 0 fully saturated rings. The number of aliphatic hydroxyl groups excluding tert-OH is 1. The van der Waals surface area contributed by atoms with Gasteiger partial charge in [-0.15, -0.1) is 0 Å². The minimum Gasteiger partial charge on any atom is -0.395 e. The predicted molar refractivity (Wildman–Crippen MR) is 71.1 cm³/mol. The van der Waals surface area contributed by atoms with Gasteiger partial charge in [0.1, 0.15) is 0 Å². The number of aliphatic hydroxyl groups is 1. The lowest BCUT2D eigenvalue weighted by molar-refractivity contribution is 0.195. The van der Waals surface area contributed by atoms with Crippen LogP contribution in [0.1, 0.15) is 31.4 Å². The molecular formula is C15H23NO. The lowest BCUT2D eigenvalue weighted by Crippen LogP contribution is -2.46. The van der Waals surface area contributed by atoms with Gasteiger partial charge in [0.05, 0.1) is 6.61 Å². The van der Waals surface area contributed by atoms with Crippen LogP contribution in [0.3, 0.4) is 0 Å². The average molecular weight is 233 g/mol. The highest BCUT2D eigenvalue weighted by atomic mass is 16.3. The van der Waals surface area contributed by atoms with Crippen LogP contribution < -0.4 is 5.32 Å². The fraction of sp³-hybridized carbons (Fsp3) is 0.600. The maximum Gasteiger partial charge on any atom is 0.0587 e. The molecule has 1 aliphatic carbocycles. The molecule has 2 N–H and O–H groups in total. The first kappa shape index (κ1) is 12.6. The molecule has 0 radical (unpaired) electrons. The summed E-state index contributed by atoms with van der Waals surface area (Å²) in [7, 11) is 0. The fourth-order valence-corrected chi connectivity index (χ4v) is 2.60. The first-order valence-corrected chi connectivity index (χ1v) is 6.64. The smallest absolute Gasteiger partial charge is 0.0587 e. The molecule has 1 unspecified atom stereocenters. The molecule has 0 spiro atoms. The molecule has 0 aliphatic heterocycles. The Morgan fingerprint density at radius 3 is 2.65 bits per heavy atom. The number of benzene rings is 1. The molecule has 2 atom stereocenters. The van der Waals surface area contributed by atoms with E-state index in [0.29, 0.717) is 12.0 Å². The number of fused-ring (bicyclic) bond motifs is 1. The van der Waals surface area contributed by atoms with E-state index in [2.05, 4.69) is 43.4 Å². The van der Waals surface area contributed by atoms with Crippen molar-refractivity contribution in [1.82, 2.24) is 5.32 Å². The molecular weight excluding hydrogens is 210 g/mol. The van der Waals surface area contributed by atoms with E-state index in [4.69, 9.17) is 0 Å². The molecule has 1 aromatic rings. The van der Waals surface area contributed by atoms with Crippen LogP contribution in [0.15, 0.2) is 24.3 Å². The van der Waals surface area contributed by atoms with E-state index in [1.54, 1.807) is 0 Å². The highest BCUT2D eigenvalue weighted by Crippen LogP contribution is 2.21. The summed E-state index contributed by atoms with van der Waals surface area (Å²) < 4.78 is 0. The van der Waals surface area contributed by atoms with E-state index < -0.39 is 0 Å². The summed E-state index contributed by atoms with van der Waals surface area (Å²) in [4.78, 5) is 0. The van der Waals surface area contributed by atoms with Crippen molar-refractivity contribution in [3.05, 3.63) is 35.4 Å². The van der Waals surface area contributed by atoms with E-state index in [9.17, 15) is 5.11 Å². The molecule has 17 heavy (non-hydrogen) atoms. The standard InChI is InChI=1S/C15H23NO/c1-11(2)15(10-17)16-14-8-7-12-5-3-4-6-13(12)9-14/h3-6,11,14-17H,7-10H2,1-2H3/t14?,15-/m1/s1. The van der Waals surface area contributed by atoms with E-state index in [0.717, 1.165) is 12.8 Å². The van der Waals surface area contributed by atoms with Crippen molar-refractivity contribution in [3.8, 4) is 0 Å². The molecule has 0 saturated heterocycles. The van der Waals surface area contributed by atoms with Gasteiger partial charge in [-0.2, -0.15) is 0 Å². The number of rotatable bonds is 4. The third-order valence-electron chi connectivity index (χ3n) is 3.80. The lowest BCUT2D eigenvalue weighted by Gasteiger charge is -2.30. The predicted octanol–water partition coefficient (Wildman–Crippen LogP) is 2.15. The summed E-state index contributed by atoms with van der Waals surface area (Å²) in [6, 6.07) is 9.45. The van der Waals surface area contributed by atoms with Crippen LogP contribution in [0.25, 0.3) is 0 Å². The minimum atomic E-state index is 0.227. The van der Waals surface area contributed by atoms with Crippen molar-refractivity contribution in [2.75, 3.05) is 6.61 Å². The third kappa shape index (κ3) is 3.08. The Balaban J connectivity index is 1.98. The first-order valence-electron chi connectivity index (χ1n) is 6.64. The van der Waals surface area contributed by atoms with Crippen LogP contribution in [-0.4, -0.2) is 23.8 Å². The monoisotopic (exact) mass is 233 g/mol. The Morgan fingerprint density at radius 1 is 1.29 bits per heavy atom. The summed E-state index contributed by atoms with van der Waals surface area (Å²) in [6.45, 7) is 4.55. The molecule has 1 aliphatic rings. The number of hydrogen-bond acceptors (Lipinski definition) is 2. The maximum absolute atomic E-state index is 9.36. The maximum atomic E-state index is 9.36. The number of nitrogens with one attached hydrogen (secondary N) is 1. The van der Waals surface area contributed by atoms with Gasteiger partial charge in [-0.25, -0.2) is 0 Å². The van der Waals surface area contributed by atoms with Gasteiger partial charge in [-0.3, -0.25) is 0 Å². The van der Waals surface area contributed by atoms with Crippen molar-refractivity contribution in [2.45, 2.75) is 45.2 Å². The number of aryl methyl sites for hydroxylation is 1. The van der Waals surface area contributed by atoms with Gasteiger partial charge in [0.15, 0.2) is 0 Å². The summed E-state index contributed by atoms with van der Waals surface area (Å²) in [6.07, 6.45) is 3.43. The fourth-order valence-electron chi connectivity index (χ4n) is 2.60. The summed E-state index contributed by atoms with van der Waals surface area (Å²) in [5.41, 5.74) is 2.97. The first-order chi connectivity index (χ1) is 8.20. The van der Waals surface area contributed by atoms with E-state index in [1.165, 1.54) is 17.5 Å². The zero-order valence-electron chi connectivity index (χ0n) is 10.8. The zero-order valence-corrected chi connectivity index (χ0v) is 10.8. The van der Waals surface area contributed by atoms with Gasteiger partial charge < -0.3 is 10.4 Å². The summed E-state index contributed by atoms with van der Waals surface area (Å²) >= 11 is 0. The van der Waals surface area contributed by atoms with Crippen LogP contribution in [-0.2, 0) is 12.8 Å². The van der Waals surface area contributed by atoms with Crippen LogP contribution >= 0.6 is 0 Å². The van der Waals surface area contributed by atoms with Gasteiger partial charge in [0, 0.05) is 12.1 Å². The highest BCUT2D eigenvalue weighted by molar-refractivity contribution is 5.30. The molecule has 0 amide bonds. The largest absolute Gasteiger partial charge is 0.395 e. The second-order valence-electron chi connectivity index (χ2n) is 5.41.